The molecule has 0 spiro atoms. The molecule has 0 unspecified atom stereocenters. The van der Waals surface area contributed by atoms with Gasteiger partial charge in [-0.2, -0.15) is 0 Å². The smallest absolute Gasteiger partial charge is 0.357 e. The summed E-state index contributed by atoms with van der Waals surface area (Å²) in [7, 11) is 0. The van der Waals surface area contributed by atoms with E-state index >= 15 is 0 Å². The number of anilines is 1. The summed E-state index contributed by atoms with van der Waals surface area (Å²) in [6.45, 7) is 6.01. The second kappa shape index (κ2) is 7.58. The first kappa shape index (κ1) is 18.6. The van der Waals surface area contributed by atoms with E-state index in [1.807, 2.05) is 48.5 Å². The first-order valence-electron chi connectivity index (χ1n) is 8.76. The van der Waals surface area contributed by atoms with Crippen LogP contribution in [0.15, 0.2) is 60.7 Å². The molecule has 0 bridgehead atoms. The molecule has 1 N–H and O–H groups in total. The lowest BCUT2D eigenvalue weighted by Gasteiger charge is -2.19. The third-order valence-corrected chi connectivity index (χ3v) is 4.18. The highest BCUT2D eigenvalue weighted by Crippen LogP contribution is 2.23. The lowest BCUT2D eigenvalue weighted by atomic mass is 9.87. The van der Waals surface area contributed by atoms with Crippen molar-refractivity contribution >= 4 is 28.5 Å². The van der Waals surface area contributed by atoms with Gasteiger partial charge in [-0.15, -0.1) is 0 Å². The third-order valence-electron chi connectivity index (χ3n) is 4.18. The van der Waals surface area contributed by atoms with E-state index in [1.165, 1.54) is 5.56 Å². The molecule has 3 rings (SSSR count). The Balaban J connectivity index is 1.57. The van der Waals surface area contributed by atoms with E-state index in [0.29, 0.717) is 11.2 Å². The normalized spacial score (nSPS) is 11.2. The molecular formula is C22H22N2O3. The van der Waals surface area contributed by atoms with Crippen molar-refractivity contribution < 1.29 is 14.3 Å². The maximum Gasteiger partial charge on any atom is 0.357 e. The van der Waals surface area contributed by atoms with Gasteiger partial charge < -0.3 is 10.1 Å². The summed E-state index contributed by atoms with van der Waals surface area (Å²) in [5, 5.41) is 3.66. The van der Waals surface area contributed by atoms with Gasteiger partial charge in [0.1, 0.15) is 5.69 Å². The zero-order valence-corrected chi connectivity index (χ0v) is 15.7. The first-order chi connectivity index (χ1) is 12.8. The summed E-state index contributed by atoms with van der Waals surface area (Å²) in [5.74, 6) is -1.02. The average molecular weight is 362 g/mol. The summed E-state index contributed by atoms with van der Waals surface area (Å²) in [5.41, 5.74) is 2.76. The van der Waals surface area contributed by atoms with Gasteiger partial charge in [-0.05, 0) is 35.2 Å². The molecule has 5 nitrogen and oxygen atoms in total. The minimum Gasteiger partial charge on any atom is -0.451 e. The second-order valence-electron chi connectivity index (χ2n) is 7.34. The Bertz CT molecular complexity index is 973. The minimum atomic E-state index is -0.626. The molecule has 0 atom stereocenters. The van der Waals surface area contributed by atoms with E-state index in [2.05, 4.69) is 31.1 Å². The lowest BCUT2D eigenvalue weighted by Crippen LogP contribution is -2.21. The third kappa shape index (κ3) is 4.70. The lowest BCUT2D eigenvalue weighted by molar-refractivity contribution is -0.119. The predicted octanol–water partition coefficient (Wildman–Crippen LogP) is 4.33. The fraction of sp³-hybridized carbons (Fsp3) is 0.227. The van der Waals surface area contributed by atoms with Crippen molar-refractivity contribution in [2.24, 2.45) is 0 Å². The van der Waals surface area contributed by atoms with Crippen LogP contribution in [0.25, 0.3) is 10.9 Å². The molecule has 0 saturated carbocycles. The van der Waals surface area contributed by atoms with Gasteiger partial charge in [-0.25, -0.2) is 9.78 Å². The quantitative estimate of drug-likeness (QED) is 0.702. The van der Waals surface area contributed by atoms with Crippen LogP contribution in [0.2, 0.25) is 0 Å². The Morgan fingerprint density at radius 1 is 0.963 bits per heavy atom. The number of benzene rings is 2. The number of nitrogens with zero attached hydrogens (tertiary/aromatic N) is 1. The van der Waals surface area contributed by atoms with Gasteiger partial charge in [0, 0.05) is 11.1 Å². The maximum absolute atomic E-state index is 12.1. The van der Waals surface area contributed by atoms with E-state index in [1.54, 1.807) is 12.1 Å². The van der Waals surface area contributed by atoms with E-state index < -0.39 is 11.9 Å². The Labute approximate surface area is 158 Å². The number of carbonyl (C=O) groups excluding carboxylic acids is 2. The van der Waals surface area contributed by atoms with Crippen LogP contribution in [0, 0.1) is 0 Å². The number of amides is 1. The molecule has 0 saturated heterocycles. The van der Waals surface area contributed by atoms with Crippen LogP contribution in [0.4, 0.5) is 5.69 Å². The van der Waals surface area contributed by atoms with Gasteiger partial charge in [0.15, 0.2) is 6.61 Å². The van der Waals surface area contributed by atoms with Crippen molar-refractivity contribution in [3.05, 3.63) is 71.9 Å². The van der Waals surface area contributed by atoms with Crippen molar-refractivity contribution in [3.8, 4) is 0 Å². The van der Waals surface area contributed by atoms with E-state index in [0.717, 1.165) is 5.39 Å². The van der Waals surface area contributed by atoms with Gasteiger partial charge in [-0.3, -0.25) is 4.79 Å². The molecule has 3 aromatic rings. The van der Waals surface area contributed by atoms with Crippen LogP contribution in [-0.4, -0.2) is 23.5 Å². The first-order valence-corrected chi connectivity index (χ1v) is 8.76. The topological polar surface area (TPSA) is 68.3 Å². The molecule has 0 fully saturated rings. The number of nitrogens with one attached hydrogen (secondary N) is 1. The van der Waals surface area contributed by atoms with E-state index in [-0.39, 0.29) is 17.7 Å². The second-order valence-corrected chi connectivity index (χ2v) is 7.34. The zero-order chi connectivity index (χ0) is 19.4. The fourth-order valence-electron chi connectivity index (χ4n) is 2.64. The standard InChI is InChI=1S/C22H22N2O3/c1-22(2,3)16-9-11-17(12-10-16)23-20(25)14-27-21(26)19-13-8-15-6-4-5-7-18(15)24-19/h4-13H,14H2,1-3H3,(H,23,25). The number of rotatable bonds is 4. The molecule has 1 heterocycles. The zero-order valence-electron chi connectivity index (χ0n) is 15.7. The number of ether oxygens (including phenoxy) is 1. The Kier molecular flexibility index (Phi) is 5.21. The van der Waals surface area contributed by atoms with Crippen molar-refractivity contribution in [2.45, 2.75) is 26.2 Å². The number of esters is 1. The highest BCUT2D eigenvalue weighted by atomic mass is 16.5. The van der Waals surface area contributed by atoms with Crippen LogP contribution >= 0.6 is 0 Å². The summed E-state index contributed by atoms with van der Waals surface area (Å²) in [6.07, 6.45) is 0. The van der Waals surface area contributed by atoms with Crippen LogP contribution < -0.4 is 5.32 Å². The fourth-order valence-corrected chi connectivity index (χ4v) is 2.64. The molecule has 1 aromatic heterocycles. The molecule has 1 amide bonds. The molecule has 2 aromatic carbocycles. The minimum absolute atomic E-state index is 0.0466. The predicted molar refractivity (Wildman–Crippen MR) is 106 cm³/mol. The summed E-state index contributed by atoms with van der Waals surface area (Å²) in [4.78, 5) is 28.4. The van der Waals surface area contributed by atoms with Crippen molar-refractivity contribution in [2.75, 3.05) is 11.9 Å². The average Bonchev–Trinajstić information content (AvgIpc) is 2.65. The van der Waals surface area contributed by atoms with Gasteiger partial charge >= 0.3 is 5.97 Å². The molecular weight excluding hydrogens is 340 g/mol. The summed E-state index contributed by atoms with van der Waals surface area (Å²) >= 11 is 0. The van der Waals surface area contributed by atoms with Crippen LogP contribution in [0.3, 0.4) is 0 Å². The molecule has 5 heteroatoms. The van der Waals surface area contributed by atoms with Crippen molar-refractivity contribution in [1.82, 2.24) is 4.98 Å². The number of hydrogen-bond donors (Lipinski definition) is 1. The monoisotopic (exact) mass is 362 g/mol. The number of aromatic nitrogens is 1. The van der Waals surface area contributed by atoms with Crippen molar-refractivity contribution in [1.29, 1.82) is 0 Å². The Morgan fingerprint density at radius 2 is 1.67 bits per heavy atom. The van der Waals surface area contributed by atoms with Crippen LogP contribution in [0.5, 0.6) is 0 Å². The number of carbonyl (C=O) groups is 2. The van der Waals surface area contributed by atoms with Crippen LogP contribution in [-0.2, 0) is 14.9 Å². The van der Waals surface area contributed by atoms with Crippen molar-refractivity contribution in [3.63, 3.8) is 0 Å². The Morgan fingerprint density at radius 3 is 2.37 bits per heavy atom. The van der Waals surface area contributed by atoms with Crippen LogP contribution in [0.1, 0.15) is 36.8 Å². The molecule has 138 valence electrons. The highest BCUT2D eigenvalue weighted by molar-refractivity contribution is 5.95. The number of para-hydroxylation sites is 1. The molecule has 27 heavy (non-hydrogen) atoms. The SMILES string of the molecule is CC(C)(C)c1ccc(NC(=O)COC(=O)c2ccc3ccccc3n2)cc1. The molecule has 0 radical (unpaired) electrons. The van der Waals surface area contributed by atoms with E-state index in [4.69, 9.17) is 4.74 Å². The number of fused-ring (bicyclic) bond motifs is 1. The molecule has 0 aliphatic carbocycles. The summed E-state index contributed by atoms with van der Waals surface area (Å²) in [6, 6.07) is 18.5. The largest absolute Gasteiger partial charge is 0.451 e. The Hall–Kier alpha value is -3.21. The molecule has 0 aliphatic rings. The van der Waals surface area contributed by atoms with Gasteiger partial charge in [-0.1, -0.05) is 57.2 Å². The van der Waals surface area contributed by atoms with Gasteiger partial charge in [0.2, 0.25) is 0 Å². The number of pyridine rings is 1. The molecule has 0 aliphatic heterocycles. The van der Waals surface area contributed by atoms with Gasteiger partial charge in [0.25, 0.3) is 5.91 Å². The van der Waals surface area contributed by atoms with E-state index in [9.17, 15) is 9.59 Å². The summed E-state index contributed by atoms with van der Waals surface area (Å²) < 4.78 is 5.08. The number of hydrogen-bond acceptors (Lipinski definition) is 4. The maximum atomic E-state index is 12.1. The van der Waals surface area contributed by atoms with Gasteiger partial charge in [0.05, 0.1) is 5.52 Å². The highest BCUT2D eigenvalue weighted by Gasteiger charge is 2.14.